The third-order valence-electron chi connectivity index (χ3n) is 3.59. The first-order valence-corrected chi connectivity index (χ1v) is 8.74. The number of nitrogens with one attached hydrogen (secondary N) is 1. The molecule has 2 aromatic carbocycles. The Balaban J connectivity index is 1.47. The summed E-state index contributed by atoms with van der Waals surface area (Å²) in [4.78, 5) is 12.1. The number of amides is 1. The van der Waals surface area contributed by atoms with Gasteiger partial charge in [-0.2, -0.15) is 5.10 Å². The zero-order valence-corrected chi connectivity index (χ0v) is 15.1. The van der Waals surface area contributed by atoms with Crippen LogP contribution in [0.3, 0.4) is 0 Å². The maximum Gasteiger partial charge on any atom is 0.271 e. The number of carbonyl (C=O) groups is 1. The summed E-state index contributed by atoms with van der Waals surface area (Å²) in [7, 11) is 0. The van der Waals surface area contributed by atoms with Crippen LogP contribution in [-0.2, 0) is 13.2 Å². The predicted molar refractivity (Wildman–Crippen MR) is 99.5 cm³/mol. The van der Waals surface area contributed by atoms with E-state index in [0.29, 0.717) is 12.2 Å². The molecule has 1 amide bonds. The summed E-state index contributed by atoms with van der Waals surface area (Å²) in [6, 6.07) is 19.3. The van der Waals surface area contributed by atoms with Crippen molar-refractivity contribution in [1.29, 1.82) is 0 Å². The number of ether oxygens (including phenoxy) is 1. The third-order valence-corrected chi connectivity index (χ3v) is 4.12. The fourth-order valence-electron chi connectivity index (χ4n) is 2.28. The quantitative estimate of drug-likeness (QED) is 0.659. The van der Waals surface area contributed by atoms with Gasteiger partial charge in [-0.15, -0.1) is 0 Å². The fraction of sp³-hybridized carbons (Fsp3) is 0.158. The number of halogens is 1. The molecule has 25 heavy (non-hydrogen) atoms. The molecule has 1 N–H and O–H groups in total. The van der Waals surface area contributed by atoms with E-state index >= 15 is 0 Å². The van der Waals surface area contributed by atoms with Gasteiger partial charge in [0, 0.05) is 17.2 Å². The van der Waals surface area contributed by atoms with Crippen molar-refractivity contribution < 1.29 is 9.53 Å². The van der Waals surface area contributed by atoms with E-state index in [9.17, 15) is 4.79 Å². The van der Waals surface area contributed by atoms with E-state index in [1.165, 1.54) is 5.56 Å². The number of hydrogen-bond donors (Lipinski definition) is 1. The van der Waals surface area contributed by atoms with Gasteiger partial charge in [0.1, 0.15) is 11.4 Å². The second-order valence-electron chi connectivity index (χ2n) is 5.46. The average Bonchev–Trinajstić information content (AvgIpc) is 3.11. The Hall–Kier alpha value is -2.60. The molecule has 0 aliphatic carbocycles. The van der Waals surface area contributed by atoms with Crippen LogP contribution in [0.2, 0.25) is 0 Å². The Morgan fingerprint density at radius 1 is 1.08 bits per heavy atom. The fourth-order valence-corrected chi connectivity index (χ4v) is 2.55. The van der Waals surface area contributed by atoms with Gasteiger partial charge >= 0.3 is 0 Å². The topological polar surface area (TPSA) is 56.2 Å². The molecule has 0 fully saturated rings. The molecular weight excluding hydrogens is 382 g/mol. The zero-order chi connectivity index (χ0) is 17.5. The van der Waals surface area contributed by atoms with Gasteiger partial charge in [0.15, 0.2) is 6.73 Å². The standard InChI is InChI=1S/C19H18BrN3O2/c20-16-6-8-17(9-7-16)25-14-23-13-11-18(22-23)19(24)21-12-10-15-4-2-1-3-5-15/h1-9,11,13H,10,12,14H2,(H,21,24). The van der Waals surface area contributed by atoms with Crippen LogP contribution in [-0.4, -0.2) is 22.2 Å². The highest BCUT2D eigenvalue weighted by atomic mass is 79.9. The lowest BCUT2D eigenvalue weighted by molar-refractivity contribution is 0.0947. The molecule has 0 atom stereocenters. The molecule has 0 saturated carbocycles. The van der Waals surface area contributed by atoms with Gasteiger partial charge in [0.05, 0.1) is 0 Å². The summed E-state index contributed by atoms with van der Waals surface area (Å²) in [5, 5.41) is 7.12. The largest absolute Gasteiger partial charge is 0.471 e. The van der Waals surface area contributed by atoms with Crippen LogP contribution in [0.1, 0.15) is 16.1 Å². The summed E-state index contributed by atoms with van der Waals surface area (Å²) >= 11 is 3.38. The molecule has 128 valence electrons. The number of carbonyl (C=O) groups excluding carboxylic acids is 1. The third kappa shape index (κ3) is 5.19. The van der Waals surface area contributed by atoms with Crippen molar-refractivity contribution in [3.8, 4) is 5.75 Å². The van der Waals surface area contributed by atoms with Crippen molar-refractivity contribution in [2.24, 2.45) is 0 Å². The maximum atomic E-state index is 12.1. The lowest BCUT2D eigenvalue weighted by Crippen LogP contribution is -2.26. The molecule has 6 heteroatoms. The average molecular weight is 400 g/mol. The molecule has 0 unspecified atom stereocenters. The van der Waals surface area contributed by atoms with Gasteiger partial charge in [-0.3, -0.25) is 4.79 Å². The first kappa shape index (κ1) is 17.2. The molecule has 0 radical (unpaired) electrons. The molecule has 0 saturated heterocycles. The number of benzene rings is 2. The minimum absolute atomic E-state index is 0.182. The van der Waals surface area contributed by atoms with Crippen LogP contribution in [0.15, 0.2) is 71.3 Å². The van der Waals surface area contributed by atoms with Crippen molar-refractivity contribution in [2.75, 3.05) is 6.54 Å². The van der Waals surface area contributed by atoms with E-state index in [2.05, 4.69) is 26.3 Å². The zero-order valence-electron chi connectivity index (χ0n) is 13.6. The van der Waals surface area contributed by atoms with E-state index in [0.717, 1.165) is 16.6 Å². The Morgan fingerprint density at radius 2 is 1.84 bits per heavy atom. The maximum absolute atomic E-state index is 12.1. The van der Waals surface area contributed by atoms with Gasteiger partial charge in [-0.05, 0) is 42.3 Å². The SMILES string of the molecule is O=C(NCCc1ccccc1)c1ccn(COc2ccc(Br)cc2)n1. The number of rotatable bonds is 7. The highest BCUT2D eigenvalue weighted by molar-refractivity contribution is 9.10. The predicted octanol–water partition coefficient (Wildman–Crippen LogP) is 3.65. The minimum Gasteiger partial charge on any atom is -0.471 e. The Bertz CT molecular complexity index is 816. The second-order valence-corrected chi connectivity index (χ2v) is 6.37. The van der Waals surface area contributed by atoms with Crippen molar-refractivity contribution in [3.63, 3.8) is 0 Å². The van der Waals surface area contributed by atoms with Gasteiger partial charge in [0.25, 0.3) is 5.91 Å². The van der Waals surface area contributed by atoms with Gasteiger partial charge < -0.3 is 10.1 Å². The summed E-state index contributed by atoms with van der Waals surface area (Å²) in [6.07, 6.45) is 2.52. The van der Waals surface area contributed by atoms with E-state index in [-0.39, 0.29) is 12.6 Å². The monoisotopic (exact) mass is 399 g/mol. The molecule has 1 aromatic heterocycles. The lowest BCUT2D eigenvalue weighted by Gasteiger charge is -2.06. The van der Waals surface area contributed by atoms with Crippen molar-refractivity contribution in [2.45, 2.75) is 13.2 Å². The van der Waals surface area contributed by atoms with Crippen molar-refractivity contribution in [1.82, 2.24) is 15.1 Å². The van der Waals surface area contributed by atoms with E-state index in [1.54, 1.807) is 16.9 Å². The van der Waals surface area contributed by atoms with Crippen LogP contribution in [0.5, 0.6) is 5.75 Å². The lowest BCUT2D eigenvalue weighted by atomic mass is 10.1. The van der Waals surface area contributed by atoms with Gasteiger partial charge in [-0.1, -0.05) is 46.3 Å². The molecule has 3 rings (SSSR count). The summed E-state index contributed by atoms with van der Waals surface area (Å²) < 4.78 is 8.21. The summed E-state index contributed by atoms with van der Waals surface area (Å²) in [5.74, 6) is 0.561. The molecule has 5 nitrogen and oxygen atoms in total. The molecule has 0 spiro atoms. The van der Waals surface area contributed by atoms with Crippen LogP contribution < -0.4 is 10.1 Å². The molecule has 1 heterocycles. The second kappa shape index (κ2) is 8.48. The summed E-state index contributed by atoms with van der Waals surface area (Å²) in [6.45, 7) is 0.823. The van der Waals surface area contributed by atoms with E-state index in [1.807, 2.05) is 54.6 Å². The highest BCUT2D eigenvalue weighted by Crippen LogP contribution is 2.16. The molecule has 0 aliphatic heterocycles. The van der Waals surface area contributed by atoms with E-state index in [4.69, 9.17) is 4.74 Å². The van der Waals surface area contributed by atoms with Crippen molar-refractivity contribution >= 4 is 21.8 Å². The van der Waals surface area contributed by atoms with Gasteiger partial charge in [-0.25, -0.2) is 4.68 Å². The van der Waals surface area contributed by atoms with Crippen molar-refractivity contribution in [3.05, 3.63) is 82.6 Å². The number of hydrogen-bond acceptors (Lipinski definition) is 3. The normalized spacial score (nSPS) is 10.4. The molecular formula is C19H18BrN3O2. The van der Waals surface area contributed by atoms with Crippen LogP contribution in [0.4, 0.5) is 0 Å². The highest BCUT2D eigenvalue weighted by Gasteiger charge is 2.09. The van der Waals surface area contributed by atoms with E-state index < -0.39 is 0 Å². The van der Waals surface area contributed by atoms with Crippen LogP contribution >= 0.6 is 15.9 Å². The molecule has 0 aliphatic rings. The molecule has 3 aromatic rings. The van der Waals surface area contributed by atoms with Crippen LogP contribution in [0.25, 0.3) is 0 Å². The van der Waals surface area contributed by atoms with Crippen LogP contribution in [0, 0.1) is 0 Å². The number of aromatic nitrogens is 2. The van der Waals surface area contributed by atoms with Gasteiger partial charge in [0.2, 0.25) is 0 Å². The first-order chi connectivity index (χ1) is 12.2. The Morgan fingerprint density at radius 3 is 2.60 bits per heavy atom. The minimum atomic E-state index is -0.182. The Kier molecular flexibility index (Phi) is 5.85. The smallest absolute Gasteiger partial charge is 0.271 e. The summed E-state index contributed by atoms with van der Waals surface area (Å²) in [5.41, 5.74) is 1.57. The molecule has 0 bridgehead atoms. The first-order valence-electron chi connectivity index (χ1n) is 7.95. The Labute approximate surface area is 154 Å². The number of nitrogens with zero attached hydrogens (tertiary/aromatic N) is 2.